The van der Waals surface area contributed by atoms with E-state index in [2.05, 4.69) is 11.2 Å². The number of carbonyl (C=O) groups is 2. The summed E-state index contributed by atoms with van der Waals surface area (Å²) < 4.78 is 0. The third-order valence-corrected chi connectivity index (χ3v) is 5.49. The molecule has 0 aliphatic carbocycles. The normalized spacial score (nSPS) is 15.5. The fraction of sp³-hybridized carbons (Fsp3) is 0.304. The van der Waals surface area contributed by atoms with Crippen LogP contribution in [0.25, 0.3) is 0 Å². The van der Waals surface area contributed by atoms with Gasteiger partial charge in [-0.05, 0) is 42.2 Å². The molecule has 30 heavy (non-hydrogen) atoms. The van der Waals surface area contributed by atoms with Gasteiger partial charge >= 0.3 is 6.03 Å². The number of nitrogen functional groups attached to an aromatic ring is 1. The number of anilines is 1. The summed E-state index contributed by atoms with van der Waals surface area (Å²) in [5.41, 5.74) is 8.19. The largest absolute Gasteiger partial charge is 0.399 e. The molecule has 0 saturated carbocycles. The second-order valence-corrected chi connectivity index (χ2v) is 7.63. The van der Waals surface area contributed by atoms with Crippen molar-refractivity contribution in [3.05, 3.63) is 64.7 Å². The number of amides is 3. The van der Waals surface area contributed by atoms with E-state index in [4.69, 9.17) is 23.8 Å². The standard InChI is InChI=1S/C23H25ClN4O2/c1-2-13-27(16-17-9-11-18(25)12-10-17)23(30)26-15-22(29)28-14-5-8-21(28)19-6-3-4-7-20(19)24/h1,3-4,6-7,9-12,21H,5,8,13-16,25H2,(H,26,30). The van der Waals surface area contributed by atoms with E-state index in [0.29, 0.717) is 23.8 Å². The van der Waals surface area contributed by atoms with Crippen LogP contribution in [0, 0.1) is 12.3 Å². The van der Waals surface area contributed by atoms with Gasteiger partial charge in [0.2, 0.25) is 5.91 Å². The predicted octanol–water partition coefficient (Wildman–Crippen LogP) is 3.43. The minimum absolute atomic E-state index is 0.0697. The molecule has 1 aliphatic heterocycles. The molecule has 1 unspecified atom stereocenters. The lowest BCUT2D eigenvalue weighted by molar-refractivity contribution is -0.131. The summed E-state index contributed by atoms with van der Waals surface area (Å²) in [7, 11) is 0. The first-order valence-corrected chi connectivity index (χ1v) is 10.2. The van der Waals surface area contributed by atoms with Gasteiger partial charge < -0.3 is 20.9 Å². The predicted molar refractivity (Wildman–Crippen MR) is 119 cm³/mol. The molecule has 0 radical (unpaired) electrons. The highest BCUT2D eigenvalue weighted by molar-refractivity contribution is 6.31. The number of halogens is 1. The first-order chi connectivity index (χ1) is 14.5. The monoisotopic (exact) mass is 424 g/mol. The van der Waals surface area contributed by atoms with E-state index in [1.807, 2.05) is 36.4 Å². The van der Waals surface area contributed by atoms with Crippen molar-refractivity contribution in [3.63, 3.8) is 0 Å². The number of urea groups is 1. The molecular formula is C23H25ClN4O2. The number of nitrogens with one attached hydrogen (secondary N) is 1. The van der Waals surface area contributed by atoms with Crippen molar-refractivity contribution in [1.29, 1.82) is 0 Å². The number of likely N-dealkylation sites (tertiary alicyclic amines) is 1. The van der Waals surface area contributed by atoms with Crippen LogP contribution in [0.4, 0.5) is 10.5 Å². The average Bonchev–Trinajstić information content (AvgIpc) is 3.23. The summed E-state index contributed by atoms with van der Waals surface area (Å²) in [6.45, 7) is 1.01. The molecule has 1 aliphatic rings. The summed E-state index contributed by atoms with van der Waals surface area (Å²) in [5, 5.41) is 3.35. The highest BCUT2D eigenvalue weighted by Crippen LogP contribution is 2.35. The van der Waals surface area contributed by atoms with Crippen LogP contribution >= 0.6 is 11.6 Å². The van der Waals surface area contributed by atoms with Crippen molar-refractivity contribution >= 4 is 29.2 Å². The number of nitrogens with two attached hydrogens (primary N) is 1. The molecule has 3 rings (SSSR count). The second-order valence-electron chi connectivity index (χ2n) is 7.23. The Morgan fingerprint density at radius 3 is 2.67 bits per heavy atom. The van der Waals surface area contributed by atoms with E-state index >= 15 is 0 Å². The van der Waals surface area contributed by atoms with E-state index in [1.54, 1.807) is 17.0 Å². The molecule has 1 atom stereocenters. The Morgan fingerprint density at radius 2 is 1.97 bits per heavy atom. The van der Waals surface area contributed by atoms with Crippen molar-refractivity contribution in [2.75, 3.05) is 25.4 Å². The van der Waals surface area contributed by atoms with E-state index in [9.17, 15) is 9.59 Å². The number of hydrogen-bond donors (Lipinski definition) is 2. The van der Waals surface area contributed by atoms with Gasteiger partial charge in [-0.1, -0.05) is 47.9 Å². The zero-order valence-electron chi connectivity index (χ0n) is 16.7. The van der Waals surface area contributed by atoms with E-state index in [0.717, 1.165) is 24.0 Å². The lowest BCUT2D eigenvalue weighted by Crippen LogP contribution is -2.45. The molecule has 0 spiro atoms. The number of benzene rings is 2. The fourth-order valence-corrected chi connectivity index (χ4v) is 3.91. The van der Waals surface area contributed by atoms with Gasteiger partial charge in [0.1, 0.15) is 0 Å². The maximum atomic E-state index is 12.8. The maximum absolute atomic E-state index is 12.8. The summed E-state index contributed by atoms with van der Waals surface area (Å²) >= 11 is 6.32. The molecule has 3 N–H and O–H groups in total. The van der Waals surface area contributed by atoms with Crippen LogP contribution in [0.15, 0.2) is 48.5 Å². The molecule has 6 nitrogen and oxygen atoms in total. The Balaban J connectivity index is 1.60. The van der Waals surface area contributed by atoms with Gasteiger partial charge in [0.05, 0.1) is 19.1 Å². The number of terminal acetylenes is 1. The quantitative estimate of drug-likeness (QED) is 0.550. The molecule has 0 bridgehead atoms. The fourth-order valence-electron chi connectivity index (χ4n) is 3.65. The SMILES string of the molecule is C#CCN(Cc1ccc(N)cc1)C(=O)NCC(=O)N1CCCC1c1ccccc1Cl. The van der Waals surface area contributed by atoms with Gasteiger partial charge in [0.25, 0.3) is 0 Å². The summed E-state index contributed by atoms with van der Waals surface area (Å²) in [5.74, 6) is 2.35. The molecular weight excluding hydrogens is 400 g/mol. The smallest absolute Gasteiger partial charge is 0.318 e. The maximum Gasteiger partial charge on any atom is 0.318 e. The zero-order valence-corrected chi connectivity index (χ0v) is 17.4. The highest BCUT2D eigenvalue weighted by Gasteiger charge is 2.31. The van der Waals surface area contributed by atoms with Crippen LogP contribution in [0.2, 0.25) is 5.02 Å². The van der Waals surface area contributed by atoms with Crippen molar-refractivity contribution in [2.45, 2.75) is 25.4 Å². The van der Waals surface area contributed by atoms with E-state index < -0.39 is 0 Å². The first kappa shape index (κ1) is 21.5. The molecule has 1 fully saturated rings. The molecule has 2 aromatic carbocycles. The molecule has 2 aromatic rings. The molecule has 7 heteroatoms. The second kappa shape index (κ2) is 10.0. The Morgan fingerprint density at radius 1 is 1.23 bits per heavy atom. The lowest BCUT2D eigenvalue weighted by atomic mass is 10.0. The number of carbonyl (C=O) groups excluding carboxylic acids is 2. The lowest BCUT2D eigenvalue weighted by Gasteiger charge is -2.27. The summed E-state index contributed by atoms with van der Waals surface area (Å²) in [6, 6.07) is 14.3. The summed E-state index contributed by atoms with van der Waals surface area (Å²) in [4.78, 5) is 28.7. The van der Waals surface area contributed by atoms with Crippen LogP contribution in [0.3, 0.4) is 0 Å². The van der Waals surface area contributed by atoms with Crippen LogP contribution in [-0.2, 0) is 11.3 Å². The number of rotatable bonds is 6. The van der Waals surface area contributed by atoms with Crippen molar-refractivity contribution in [1.82, 2.24) is 15.1 Å². The minimum Gasteiger partial charge on any atom is -0.399 e. The first-order valence-electron chi connectivity index (χ1n) is 9.84. The van der Waals surface area contributed by atoms with Crippen LogP contribution in [0.5, 0.6) is 0 Å². The topological polar surface area (TPSA) is 78.7 Å². The van der Waals surface area contributed by atoms with Gasteiger partial charge in [-0.3, -0.25) is 4.79 Å². The van der Waals surface area contributed by atoms with Gasteiger partial charge in [0, 0.05) is 23.8 Å². The summed E-state index contributed by atoms with van der Waals surface area (Å²) in [6.07, 6.45) is 7.17. The Labute approximate surface area is 182 Å². The molecule has 156 valence electrons. The Hall–Kier alpha value is -3.17. The molecule has 3 amide bonds. The number of nitrogens with zero attached hydrogens (tertiary/aromatic N) is 2. The van der Waals surface area contributed by atoms with Gasteiger partial charge in [-0.2, -0.15) is 0 Å². The Bertz CT molecular complexity index is 939. The highest BCUT2D eigenvalue weighted by atomic mass is 35.5. The molecule has 1 saturated heterocycles. The van der Waals surface area contributed by atoms with Crippen LogP contribution < -0.4 is 11.1 Å². The van der Waals surface area contributed by atoms with Gasteiger partial charge in [-0.15, -0.1) is 6.42 Å². The van der Waals surface area contributed by atoms with E-state index in [1.165, 1.54) is 4.90 Å². The molecule has 1 heterocycles. The third kappa shape index (κ3) is 5.25. The van der Waals surface area contributed by atoms with Gasteiger partial charge in [-0.25, -0.2) is 4.79 Å². The van der Waals surface area contributed by atoms with Crippen molar-refractivity contribution in [2.24, 2.45) is 0 Å². The van der Waals surface area contributed by atoms with Crippen LogP contribution in [-0.4, -0.2) is 41.4 Å². The Kier molecular flexibility index (Phi) is 7.21. The zero-order chi connectivity index (χ0) is 21.5. The van der Waals surface area contributed by atoms with E-state index in [-0.39, 0.29) is 31.1 Å². The third-order valence-electron chi connectivity index (χ3n) is 5.15. The molecule has 0 aromatic heterocycles. The number of hydrogen-bond acceptors (Lipinski definition) is 3. The average molecular weight is 425 g/mol. The minimum atomic E-state index is -0.383. The van der Waals surface area contributed by atoms with Crippen molar-refractivity contribution in [3.8, 4) is 12.3 Å². The van der Waals surface area contributed by atoms with Crippen molar-refractivity contribution < 1.29 is 9.59 Å². The van der Waals surface area contributed by atoms with Gasteiger partial charge in [0.15, 0.2) is 0 Å². The van der Waals surface area contributed by atoms with Crippen LogP contribution in [0.1, 0.15) is 30.0 Å².